The molecule has 0 amide bonds. The second kappa shape index (κ2) is 9.93. The maximum Gasteiger partial charge on any atom is 0.212 e. The van der Waals surface area contributed by atoms with E-state index in [2.05, 4.69) is 20.6 Å². The molecule has 10 heteroatoms. The number of aliphatic imine (C=N–C) groups is 1. The molecule has 0 aliphatic carbocycles. The molecule has 3 aromatic rings. The van der Waals surface area contributed by atoms with Gasteiger partial charge in [0.25, 0.3) is 0 Å². The highest BCUT2D eigenvalue weighted by atomic mass is 35.5. The number of nitrogens with one attached hydrogen (secondary N) is 2. The predicted octanol–water partition coefficient (Wildman–Crippen LogP) is 3.62. The molecule has 1 heterocycles. The van der Waals surface area contributed by atoms with Gasteiger partial charge in [-0.05, 0) is 48.0 Å². The molecule has 0 radical (unpaired) electrons. The first-order valence-electron chi connectivity index (χ1n) is 8.98. The Morgan fingerprint density at radius 3 is 2.48 bits per heavy atom. The zero-order chi connectivity index (χ0) is 22.3. The molecule has 0 aliphatic heterocycles. The molecule has 0 saturated heterocycles. The molecule has 31 heavy (non-hydrogen) atoms. The number of rotatable bonds is 6. The highest BCUT2D eigenvalue weighted by molar-refractivity contribution is 7.91. The van der Waals surface area contributed by atoms with Gasteiger partial charge in [-0.15, -0.1) is 4.99 Å². The third-order valence-electron chi connectivity index (χ3n) is 4.19. The van der Waals surface area contributed by atoms with Crippen molar-refractivity contribution in [1.29, 1.82) is 5.26 Å². The van der Waals surface area contributed by atoms with Crippen molar-refractivity contribution in [3.05, 3.63) is 77.6 Å². The van der Waals surface area contributed by atoms with Crippen LogP contribution >= 0.6 is 11.6 Å². The van der Waals surface area contributed by atoms with E-state index in [0.29, 0.717) is 12.3 Å². The molecule has 158 valence electrons. The van der Waals surface area contributed by atoms with Crippen LogP contribution in [0.4, 0.5) is 5.69 Å². The summed E-state index contributed by atoms with van der Waals surface area (Å²) in [6.07, 6.45) is 4.96. The van der Waals surface area contributed by atoms with Gasteiger partial charge in [-0.2, -0.15) is 5.26 Å². The fourth-order valence-electron chi connectivity index (χ4n) is 2.65. The van der Waals surface area contributed by atoms with Crippen molar-refractivity contribution < 1.29 is 13.2 Å². The van der Waals surface area contributed by atoms with Crippen LogP contribution in [0.2, 0.25) is 5.02 Å². The molecular weight excluding hydrogens is 438 g/mol. The molecule has 0 bridgehead atoms. The summed E-state index contributed by atoms with van der Waals surface area (Å²) in [7, 11) is -2.32. The Hall–Kier alpha value is -3.61. The number of sulfone groups is 1. The maximum atomic E-state index is 12.9. The van der Waals surface area contributed by atoms with E-state index in [1.807, 2.05) is 0 Å². The Balaban J connectivity index is 1.73. The zero-order valence-corrected chi connectivity index (χ0v) is 18.0. The van der Waals surface area contributed by atoms with Gasteiger partial charge in [0, 0.05) is 29.6 Å². The molecule has 2 N–H and O–H groups in total. The Morgan fingerprint density at radius 1 is 1.13 bits per heavy atom. The number of nitriles is 1. The van der Waals surface area contributed by atoms with Crippen LogP contribution < -0.4 is 15.4 Å². The molecule has 2 aromatic carbocycles. The van der Waals surface area contributed by atoms with Gasteiger partial charge in [-0.25, -0.2) is 8.42 Å². The lowest BCUT2D eigenvalue weighted by molar-refractivity contribution is 0.413. The van der Waals surface area contributed by atoms with Crippen molar-refractivity contribution in [3.63, 3.8) is 0 Å². The number of methoxy groups -OCH3 is 1. The quantitative estimate of drug-likeness (QED) is 0.331. The minimum atomic E-state index is -3.76. The van der Waals surface area contributed by atoms with Gasteiger partial charge in [-0.1, -0.05) is 23.7 Å². The fourth-order valence-corrected chi connectivity index (χ4v) is 4.26. The lowest BCUT2D eigenvalue weighted by Gasteiger charge is -2.12. The lowest BCUT2D eigenvalue weighted by atomic mass is 10.2. The van der Waals surface area contributed by atoms with Crippen molar-refractivity contribution in [2.45, 2.75) is 16.3 Å². The standard InChI is InChI=1S/C21H18ClN5O3S/c1-30-18-10-16(22)11-20(12-18)31(28,29)19-4-2-15(3-5-19)13-25-21(26-14-23)27-17-6-8-24-9-7-17/h2-12H,13H2,1H3,(H2,24,25,26,27). The first-order valence-corrected chi connectivity index (χ1v) is 10.8. The number of nitrogens with zero attached hydrogens (tertiary/aromatic N) is 3. The molecule has 1 aromatic heterocycles. The third-order valence-corrected chi connectivity index (χ3v) is 6.16. The van der Waals surface area contributed by atoms with E-state index >= 15 is 0 Å². The van der Waals surface area contributed by atoms with Gasteiger partial charge < -0.3 is 15.4 Å². The van der Waals surface area contributed by atoms with Crippen molar-refractivity contribution in [3.8, 4) is 11.9 Å². The van der Waals surface area contributed by atoms with Crippen LogP contribution in [0.3, 0.4) is 0 Å². The second-order valence-corrected chi connectivity index (χ2v) is 8.64. The smallest absolute Gasteiger partial charge is 0.212 e. The van der Waals surface area contributed by atoms with Gasteiger partial charge in [0.2, 0.25) is 22.0 Å². The van der Waals surface area contributed by atoms with Gasteiger partial charge in [0.05, 0.1) is 16.9 Å². The van der Waals surface area contributed by atoms with Gasteiger partial charge in [-0.3, -0.25) is 4.98 Å². The van der Waals surface area contributed by atoms with Crippen LogP contribution in [0.25, 0.3) is 0 Å². The van der Waals surface area contributed by atoms with Gasteiger partial charge in [0.1, 0.15) is 5.75 Å². The van der Waals surface area contributed by atoms with Crippen molar-refractivity contribution >= 4 is 33.1 Å². The molecule has 8 nitrogen and oxygen atoms in total. The first-order chi connectivity index (χ1) is 14.9. The summed E-state index contributed by atoms with van der Waals surface area (Å²) in [4.78, 5) is 7.82. The van der Waals surface area contributed by atoms with E-state index in [1.165, 1.54) is 37.4 Å². The maximum absolute atomic E-state index is 12.9. The highest BCUT2D eigenvalue weighted by Gasteiger charge is 2.19. The number of halogens is 1. The first kappa shape index (κ1) is 22.1. The minimum Gasteiger partial charge on any atom is -0.497 e. The zero-order valence-electron chi connectivity index (χ0n) is 16.4. The van der Waals surface area contributed by atoms with Crippen molar-refractivity contribution in [1.82, 2.24) is 10.3 Å². The van der Waals surface area contributed by atoms with Crippen LogP contribution in [0.1, 0.15) is 5.56 Å². The molecule has 0 saturated carbocycles. The number of hydrogen-bond donors (Lipinski definition) is 2. The molecule has 0 unspecified atom stereocenters. The van der Waals surface area contributed by atoms with Crippen LogP contribution in [0.15, 0.2) is 81.8 Å². The minimum absolute atomic E-state index is 0.0488. The summed E-state index contributed by atoms with van der Waals surface area (Å²) < 4.78 is 30.9. The number of guanidine groups is 1. The number of hydrogen-bond acceptors (Lipinski definition) is 6. The van der Waals surface area contributed by atoms with Crippen LogP contribution in [0, 0.1) is 11.5 Å². The molecule has 0 fully saturated rings. The molecular formula is C21H18ClN5O3S. The van der Waals surface area contributed by atoms with E-state index in [1.54, 1.807) is 42.9 Å². The summed E-state index contributed by atoms with van der Waals surface area (Å²) in [5.41, 5.74) is 1.51. The van der Waals surface area contributed by atoms with E-state index in [9.17, 15) is 8.42 Å². The molecule has 0 atom stereocenters. The third kappa shape index (κ3) is 5.72. The summed E-state index contributed by atoms with van der Waals surface area (Å²) in [6, 6.07) is 14.2. The summed E-state index contributed by atoms with van der Waals surface area (Å²) >= 11 is 6.01. The van der Waals surface area contributed by atoms with E-state index in [4.69, 9.17) is 21.6 Å². The normalized spacial score (nSPS) is 11.5. The average molecular weight is 456 g/mol. The molecule has 0 spiro atoms. The Morgan fingerprint density at radius 2 is 1.84 bits per heavy atom. The van der Waals surface area contributed by atoms with Crippen molar-refractivity contribution in [2.75, 3.05) is 12.4 Å². The lowest BCUT2D eigenvalue weighted by Crippen LogP contribution is -2.30. The SMILES string of the molecule is COc1cc(Cl)cc(S(=O)(=O)c2ccc(CNC(=NC#N)Nc3ccncc3)cc2)c1. The number of benzene rings is 2. The van der Waals surface area contributed by atoms with Gasteiger partial charge in [0.15, 0.2) is 0 Å². The Labute approximate surface area is 185 Å². The number of pyridine rings is 1. The highest BCUT2D eigenvalue weighted by Crippen LogP contribution is 2.28. The Kier molecular flexibility index (Phi) is 7.07. The van der Waals surface area contributed by atoms with Crippen molar-refractivity contribution in [2.24, 2.45) is 4.99 Å². The number of ether oxygens (including phenoxy) is 1. The average Bonchev–Trinajstić information content (AvgIpc) is 2.78. The van der Waals surface area contributed by atoms with E-state index in [0.717, 1.165) is 11.3 Å². The van der Waals surface area contributed by atoms with Crippen LogP contribution in [0.5, 0.6) is 5.75 Å². The largest absolute Gasteiger partial charge is 0.497 e. The summed E-state index contributed by atoms with van der Waals surface area (Å²) in [5.74, 6) is 0.620. The molecule has 3 rings (SSSR count). The van der Waals surface area contributed by atoms with Gasteiger partial charge >= 0.3 is 0 Å². The van der Waals surface area contributed by atoms with Crippen LogP contribution in [-0.4, -0.2) is 26.5 Å². The number of anilines is 1. The van der Waals surface area contributed by atoms with Crippen LogP contribution in [-0.2, 0) is 16.4 Å². The second-order valence-electron chi connectivity index (χ2n) is 6.25. The monoisotopic (exact) mass is 455 g/mol. The molecule has 0 aliphatic rings. The Bertz CT molecular complexity index is 1220. The van der Waals surface area contributed by atoms with E-state index in [-0.39, 0.29) is 20.8 Å². The predicted molar refractivity (Wildman–Crippen MR) is 118 cm³/mol. The number of aromatic nitrogens is 1. The fraction of sp³-hybridized carbons (Fsp3) is 0.0952. The van der Waals surface area contributed by atoms with E-state index < -0.39 is 9.84 Å². The summed E-state index contributed by atoms with van der Waals surface area (Å²) in [5, 5.41) is 15.1. The topological polar surface area (TPSA) is 116 Å². The summed E-state index contributed by atoms with van der Waals surface area (Å²) in [6.45, 7) is 0.323.